The van der Waals surface area contributed by atoms with Crippen molar-refractivity contribution in [2.24, 2.45) is 0 Å². The monoisotopic (exact) mass is 190 g/mol. The molecule has 0 fully saturated rings. The van der Waals surface area contributed by atoms with Gasteiger partial charge in [0, 0.05) is 0 Å². The molecule has 0 saturated heterocycles. The summed E-state index contributed by atoms with van der Waals surface area (Å²) in [6, 6.07) is 10.3. The molecule has 0 aliphatic rings. The van der Waals surface area contributed by atoms with Crippen molar-refractivity contribution in [3.63, 3.8) is 0 Å². The van der Waals surface area contributed by atoms with E-state index in [2.05, 4.69) is 25.1 Å². The van der Waals surface area contributed by atoms with Crippen LogP contribution in [0.15, 0.2) is 42.0 Å². The maximum Gasteiger partial charge on any atom is 0.0719 e. The molecule has 0 spiro atoms. The van der Waals surface area contributed by atoms with Crippen LogP contribution in [-0.2, 0) is 0 Å². The molecule has 0 heterocycles. The molecule has 0 radical (unpaired) electrons. The van der Waals surface area contributed by atoms with Crippen molar-refractivity contribution >= 4 is 0 Å². The number of aliphatic hydroxyl groups excluding tert-OH is 1. The van der Waals surface area contributed by atoms with Gasteiger partial charge in [0.25, 0.3) is 0 Å². The fourth-order valence-corrected chi connectivity index (χ4v) is 1.39. The Morgan fingerprint density at radius 1 is 1.21 bits per heavy atom. The van der Waals surface area contributed by atoms with Crippen molar-refractivity contribution in [1.29, 1.82) is 0 Å². The molecule has 1 aromatic carbocycles. The lowest BCUT2D eigenvalue weighted by Gasteiger charge is -2.10. The van der Waals surface area contributed by atoms with Gasteiger partial charge in [-0.1, -0.05) is 43.3 Å². The zero-order chi connectivity index (χ0) is 10.6. The Balaban J connectivity index is 2.77. The van der Waals surface area contributed by atoms with Crippen LogP contribution < -0.4 is 0 Å². The normalized spacial score (nSPS) is 16.4. The summed E-state index contributed by atoms with van der Waals surface area (Å²) in [5.41, 5.74) is 2.31. The molecule has 14 heavy (non-hydrogen) atoms. The third-order valence-corrected chi connectivity index (χ3v) is 2.50. The molecule has 0 bridgehead atoms. The van der Waals surface area contributed by atoms with Gasteiger partial charge in [0.2, 0.25) is 0 Å². The first kappa shape index (κ1) is 11.0. The zero-order valence-electron chi connectivity index (χ0n) is 9.07. The van der Waals surface area contributed by atoms with E-state index in [-0.39, 0.29) is 6.10 Å². The second kappa shape index (κ2) is 4.97. The Bertz CT molecular complexity index is 298. The van der Waals surface area contributed by atoms with E-state index < -0.39 is 0 Å². The van der Waals surface area contributed by atoms with E-state index in [4.69, 9.17) is 0 Å². The minimum Gasteiger partial charge on any atom is -0.389 e. The topological polar surface area (TPSA) is 20.2 Å². The summed E-state index contributed by atoms with van der Waals surface area (Å²) in [4.78, 5) is 0. The van der Waals surface area contributed by atoms with Crippen molar-refractivity contribution in [2.75, 3.05) is 0 Å². The van der Waals surface area contributed by atoms with Crippen molar-refractivity contribution in [3.8, 4) is 0 Å². The largest absolute Gasteiger partial charge is 0.389 e. The molecular formula is C13H18O. The van der Waals surface area contributed by atoms with E-state index >= 15 is 0 Å². The van der Waals surface area contributed by atoms with Crippen LogP contribution in [0.4, 0.5) is 0 Å². The third kappa shape index (κ3) is 3.00. The van der Waals surface area contributed by atoms with Crippen LogP contribution in [0.5, 0.6) is 0 Å². The third-order valence-electron chi connectivity index (χ3n) is 2.50. The van der Waals surface area contributed by atoms with Crippen molar-refractivity contribution < 1.29 is 5.11 Å². The van der Waals surface area contributed by atoms with E-state index in [1.807, 2.05) is 25.1 Å². The molecule has 0 aromatic heterocycles. The second-order valence-corrected chi connectivity index (χ2v) is 3.79. The lowest BCUT2D eigenvalue weighted by Crippen LogP contribution is -2.02. The first-order valence-electron chi connectivity index (χ1n) is 5.02. The fraction of sp³-hybridized carbons (Fsp3) is 0.385. The van der Waals surface area contributed by atoms with Gasteiger partial charge in [-0.25, -0.2) is 0 Å². The molecular weight excluding hydrogens is 172 g/mol. The van der Waals surface area contributed by atoms with Gasteiger partial charge in [0.15, 0.2) is 0 Å². The van der Waals surface area contributed by atoms with Gasteiger partial charge in [-0.2, -0.15) is 0 Å². The first-order chi connectivity index (χ1) is 6.61. The van der Waals surface area contributed by atoms with E-state index in [0.29, 0.717) is 5.92 Å². The molecule has 1 N–H and O–H groups in total. The number of allylic oxidation sites excluding steroid dienone is 1. The molecule has 2 atom stereocenters. The number of rotatable bonds is 3. The summed E-state index contributed by atoms with van der Waals surface area (Å²) in [5, 5.41) is 9.35. The number of benzene rings is 1. The first-order valence-corrected chi connectivity index (χ1v) is 5.02. The van der Waals surface area contributed by atoms with Gasteiger partial charge < -0.3 is 5.11 Å². The molecule has 76 valence electrons. The highest BCUT2D eigenvalue weighted by atomic mass is 16.3. The predicted octanol–water partition coefficient (Wildman–Crippen LogP) is 3.12. The fourth-order valence-electron chi connectivity index (χ4n) is 1.39. The Morgan fingerprint density at radius 3 is 2.29 bits per heavy atom. The quantitative estimate of drug-likeness (QED) is 0.726. The summed E-state index contributed by atoms with van der Waals surface area (Å²) in [6.07, 6.45) is 1.76. The molecule has 2 unspecified atom stereocenters. The van der Waals surface area contributed by atoms with E-state index in [0.717, 1.165) is 5.57 Å². The smallest absolute Gasteiger partial charge is 0.0719 e. The lowest BCUT2D eigenvalue weighted by molar-refractivity contribution is 0.231. The molecule has 0 saturated carbocycles. The zero-order valence-corrected chi connectivity index (χ0v) is 9.07. The summed E-state index contributed by atoms with van der Waals surface area (Å²) >= 11 is 0. The van der Waals surface area contributed by atoms with E-state index in [9.17, 15) is 5.11 Å². The number of hydrogen-bond acceptors (Lipinski definition) is 1. The van der Waals surface area contributed by atoms with Crippen LogP contribution in [0.25, 0.3) is 0 Å². The molecule has 1 heteroatoms. The molecule has 0 amide bonds. The van der Waals surface area contributed by atoms with Crippen LogP contribution in [0, 0.1) is 0 Å². The average Bonchev–Trinajstić information content (AvgIpc) is 2.19. The number of aliphatic hydroxyl groups is 1. The minimum atomic E-state index is -0.346. The van der Waals surface area contributed by atoms with Crippen LogP contribution >= 0.6 is 0 Å². The minimum absolute atomic E-state index is 0.346. The summed E-state index contributed by atoms with van der Waals surface area (Å²) in [5.74, 6) is 0.366. The summed E-state index contributed by atoms with van der Waals surface area (Å²) in [7, 11) is 0. The van der Waals surface area contributed by atoms with Gasteiger partial charge >= 0.3 is 0 Å². The molecule has 0 aliphatic carbocycles. The van der Waals surface area contributed by atoms with Crippen LogP contribution in [0.1, 0.15) is 32.3 Å². The Kier molecular flexibility index (Phi) is 3.90. The van der Waals surface area contributed by atoms with Gasteiger partial charge in [0.1, 0.15) is 0 Å². The summed E-state index contributed by atoms with van der Waals surface area (Å²) in [6.45, 7) is 5.90. The van der Waals surface area contributed by atoms with Crippen LogP contribution in [0.3, 0.4) is 0 Å². The average molecular weight is 190 g/mol. The lowest BCUT2D eigenvalue weighted by atomic mass is 9.97. The van der Waals surface area contributed by atoms with Crippen molar-refractivity contribution in [2.45, 2.75) is 32.8 Å². The Hall–Kier alpha value is -1.08. The Labute approximate surface area is 86.1 Å². The standard InChI is InChI=1S/C13H18O/c1-10(12(3)14)9-11(2)13-7-5-4-6-8-13/h4-9,11-12,14H,1-3H3/b10-9+. The molecule has 1 rings (SSSR count). The summed E-state index contributed by atoms with van der Waals surface area (Å²) < 4.78 is 0. The van der Waals surface area contributed by atoms with Crippen LogP contribution in [-0.4, -0.2) is 11.2 Å². The van der Waals surface area contributed by atoms with Crippen molar-refractivity contribution in [1.82, 2.24) is 0 Å². The predicted molar refractivity (Wildman–Crippen MR) is 60.3 cm³/mol. The van der Waals surface area contributed by atoms with Crippen LogP contribution in [0.2, 0.25) is 0 Å². The van der Waals surface area contributed by atoms with E-state index in [1.54, 1.807) is 6.92 Å². The van der Waals surface area contributed by atoms with Gasteiger partial charge in [0.05, 0.1) is 6.10 Å². The highest BCUT2D eigenvalue weighted by Crippen LogP contribution is 2.18. The van der Waals surface area contributed by atoms with E-state index in [1.165, 1.54) is 5.56 Å². The molecule has 1 aromatic rings. The molecule has 0 aliphatic heterocycles. The van der Waals surface area contributed by atoms with Crippen molar-refractivity contribution in [3.05, 3.63) is 47.5 Å². The Morgan fingerprint density at radius 2 is 1.79 bits per heavy atom. The maximum atomic E-state index is 9.35. The highest BCUT2D eigenvalue weighted by Gasteiger charge is 2.04. The maximum absolute atomic E-state index is 9.35. The van der Waals surface area contributed by atoms with Gasteiger partial charge in [-0.05, 0) is 30.9 Å². The van der Waals surface area contributed by atoms with Gasteiger partial charge in [-0.3, -0.25) is 0 Å². The SMILES string of the molecule is C/C(=C\C(C)c1ccccc1)C(C)O. The number of hydrogen-bond donors (Lipinski definition) is 1. The highest BCUT2D eigenvalue weighted by molar-refractivity contribution is 5.24. The molecule has 1 nitrogen and oxygen atoms in total. The second-order valence-electron chi connectivity index (χ2n) is 3.79. The van der Waals surface area contributed by atoms with Gasteiger partial charge in [-0.15, -0.1) is 0 Å².